The first-order valence-corrected chi connectivity index (χ1v) is 7.36. The van der Waals surface area contributed by atoms with Crippen molar-refractivity contribution >= 4 is 11.9 Å². The summed E-state index contributed by atoms with van der Waals surface area (Å²) in [5.74, 6) is -3.06. The topological polar surface area (TPSA) is 98.1 Å². The lowest BCUT2D eigenvalue weighted by molar-refractivity contribution is -0.150. The zero-order chi connectivity index (χ0) is 16.4. The molecule has 0 aromatic carbocycles. The summed E-state index contributed by atoms with van der Waals surface area (Å²) in [6.07, 6.45) is 0.863. The monoisotopic (exact) mass is 301 g/mol. The Morgan fingerprint density at radius 1 is 1.33 bits per heavy atom. The maximum atomic E-state index is 11.3. The van der Waals surface area contributed by atoms with Crippen molar-refractivity contribution in [1.29, 1.82) is 0 Å². The van der Waals surface area contributed by atoms with Crippen LogP contribution in [0.1, 0.15) is 53.4 Å². The van der Waals surface area contributed by atoms with Crippen molar-refractivity contribution in [2.24, 2.45) is 5.92 Å². The van der Waals surface area contributed by atoms with Crippen LogP contribution in [0.15, 0.2) is 0 Å². The molecule has 0 saturated carbocycles. The second kappa shape index (κ2) is 6.32. The maximum absolute atomic E-state index is 11.3. The zero-order valence-electron chi connectivity index (χ0n) is 13.3. The van der Waals surface area contributed by atoms with Crippen molar-refractivity contribution < 1.29 is 24.9 Å². The highest BCUT2D eigenvalue weighted by molar-refractivity contribution is 5.77. The lowest BCUT2D eigenvalue weighted by atomic mass is 9.79. The minimum absolute atomic E-state index is 0.243. The molecule has 0 aromatic heterocycles. The Hall–Kier alpha value is -1.14. The van der Waals surface area contributed by atoms with E-state index < -0.39 is 23.4 Å². The molecule has 1 heterocycles. The average molecular weight is 301 g/mol. The fourth-order valence-corrected chi connectivity index (χ4v) is 3.66. The zero-order valence-corrected chi connectivity index (χ0v) is 13.3. The van der Waals surface area contributed by atoms with Gasteiger partial charge in [-0.15, -0.1) is 0 Å². The number of rotatable bonds is 6. The molecule has 0 aliphatic carbocycles. The van der Waals surface area contributed by atoms with E-state index in [1.807, 2.05) is 27.7 Å². The molecule has 1 saturated heterocycles. The second-order valence-electron chi connectivity index (χ2n) is 7.26. The molecule has 6 heteroatoms. The Morgan fingerprint density at radius 3 is 2.33 bits per heavy atom. The molecule has 3 N–H and O–H groups in total. The number of nitrogens with zero attached hydrogens (tertiary/aromatic N) is 1. The van der Waals surface area contributed by atoms with E-state index >= 15 is 0 Å². The Bertz CT molecular complexity index is 405. The summed E-state index contributed by atoms with van der Waals surface area (Å²) < 4.78 is 0. The number of aliphatic carboxylic acids is 2. The third kappa shape index (κ3) is 4.68. The molecule has 122 valence electrons. The number of piperidine rings is 1. The molecule has 6 nitrogen and oxygen atoms in total. The van der Waals surface area contributed by atoms with Crippen molar-refractivity contribution in [3.63, 3.8) is 0 Å². The molecular formula is C15H27NO5. The molecule has 1 rings (SSSR count). The molecule has 1 fully saturated rings. The van der Waals surface area contributed by atoms with E-state index in [9.17, 15) is 19.8 Å². The van der Waals surface area contributed by atoms with Crippen molar-refractivity contribution in [2.75, 3.05) is 6.54 Å². The van der Waals surface area contributed by atoms with Crippen LogP contribution in [0.2, 0.25) is 0 Å². The van der Waals surface area contributed by atoms with Gasteiger partial charge in [0.2, 0.25) is 0 Å². The average Bonchev–Trinajstić information content (AvgIpc) is 2.24. The number of likely N-dealkylation sites (tertiary alicyclic amines) is 1. The minimum Gasteiger partial charge on any atom is -0.481 e. The molecule has 2 unspecified atom stereocenters. The first-order valence-electron chi connectivity index (χ1n) is 7.36. The summed E-state index contributed by atoms with van der Waals surface area (Å²) in [5, 5.41) is 27.9. The van der Waals surface area contributed by atoms with Crippen LogP contribution >= 0.6 is 0 Å². The van der Waals surface area contributed by atoms with E-state index in [1.54, 1.807) is 0 Å². The van der Waals surface area contributed by atoms with Crippen molar-refractivity contribution in [3.05, 3.63) is 0 Å². The summed E-state index contributed by atoms with van der Waals surface area (Å²) in [5.41, 5.74) is -0.685. The highest BCUT2D eigenvalue weighted by Crippen LogP contribution is 2.37. The quantitative estimate of drug-likeness (QED) is 0.689. The van der Waals surface area contributed by atoms with E-state index in [0.717, 1.165) is 0 Å². The van der Waals surface area contributed by atoms with Crippen LogP contribution in [0.3, 0.4) is 0 Å². The SMILES string of the molecule is CC1(C)CC(O)CCN1C(C)(C)CC(CC(=O)O)C(=O)O. The van der Waals surface area contributed by atoms with Crippen LogP contribution in [0.5, 0.6) is 0 Å². The highest BCUT2D eigenvalue weighted by Gasteiger charge is 2.43. The molecule has 0 spiro atoms. The van der Waals surface area contributed by atoms with E-state index in [0.29, 0.717) is 19.4 Å². The van der Waals surface area contributed by atoms with Crippen molar-refractivity contribution in [2.45, 2.75) is 70.6 Å². The minimum atomic E-state index is -1.09. The fraction of sp³-hybridized carbons (Fsp3) is 0.867. The summed E-state index contributed by atoms with van der Waals surface area (Å²) in [6.45, 7) is 8.64. The van der Waals surface area contributed by atoms with Crippen LogP contribution in [0.4, 0.5) is 0 Å². The van der Waals surface area contributed by atoms with Gasteiger partial charge in [0.05, 0.1) is 18.4 Å². The van der Waals surface area contributed by atoms with Gasteiger partial charge in [-0.25, -0.2) is 0 Å². The number of aliphatic hydroxyl groups is 1. The number of carbonyl (C=O) groups is 2. The molecule has 21 heavy (non-hydrogen) atoms. The third-order valence-electron chi connectivity index (χ3n) is 4.40. The molecule has 0 bridgehead atoms. The van der Waals surface area contributed by atoms with Gasteiger partial charge in [0.1, 0.15) is 0 Å². The van der Waals surface area contributed by atoms with E-state index in [-0.39, 0.29) is 24.5 Å². The van der Waals surface area contributed by atoms with Gasteiger partial charge in [0.15, 0.2) is 0 Å². The molecular weight excluding hydrogens is 274 g/mol. The first kappa shape index (κ1) is 17.9. The van der Waals surface area contributed by atoms with Crippen LogP contribution in [0.25, 0.3) is 0 Å². The first-order chi connectivity index (χ1) is 9.45. The molecule has 2 atom stereocenters. The number of carboxylic acids is 2. The van der Waals surface area contributed by atoms with E-state index in [4.69, 9.17) is 5.11 Å². The van der Waals surface area contributed by atoms with Crippen LogP contribution in [-0.4, -0.2) is 55.9 Å². The number of carboxylic acid groups (broad SMARTS) is 2. The van der Waals surface area contributed by atoms with Gasteiger partial charge in [0, 0.05) is 17.6 Å². The normalized spacial score (nSPS) is 24.5. The van der Waals surface area contributed by atoms with E-state index in [2.05, 4.69) is 4.90 Å². The van der Waals surface area contributed by atoms with Gasteiger partial charge in [0.25, 0.3) is 0 Å². The standard InChI is InChI=1S/C15H27NO5/c1-14(2,8-10(13(20)21)7-12(18)19)16-6-5-11(17)9-15(16,3)4/h10-11,17H,5-9H2,1-4H3,(H,18,19)(H,20,21). The lowest BCUT2D eigenvalue weighted by Crippen LogP contribution is -2.60. The van der Waals surface area contributed by atoms with Crippen LogP contribution < -0.4 is 0 Å². The number of aliphatic hydroxyl groups excluding tert-OH is 1. The summed E-state index contributed by atoms with van der Waals surface area (Å²) in [6, 6.07) is 0. The summed E-state index contributed by atoms with van der Waals surface area (Å²) in [4.78, 5) is 24.3. The molecule has 0 aromatic rings. The Balaban J connectivity index is 2.88. The van der Waals surface area contributed by atoms with Crippen LogP contribution in [-0.2, 0) is 9.59 Å². The maximum Gasteiger partial charge on any atom is 0.307 e. The predicted molar refractivity (Wildman–Crippen MR) is 78.1 cm³/mol. The molecule has 1 aliphatic rings. The van der Waals surface area contributed by atoms with E-state index in [1.165, 1.54) is 0 Å². The largest absolute Gasteiger partial charge is 0.481 e. The predicted octanol–water partition coefficient (Wildman–Crippen LogP) is 1.57. The van der Waals surface area contributed by atoms with Gasteiger partial charge in [-0.3, -0.25) is 14.5 Å². The van der Waals surface area contributed by atoms with Gasteiger partial charge >= 0.3 is 11.9 Å². The number of hydrogen-bond acceptors (Lipinski definition) is 4. The third-order valence-corrected chi connectivity index (χ3v) is 4.40. The van der Waals surface area contributed by atoms with Gasteiger partial charge in [-0.2, -0.15) is 0 Å². The van der Waals surface area contributed by atoms with Gasteiger partial charge in [-0.1, -0.05) is 0 Å². The van der Waals surface area contributed by atoms with Gasteiger partial charge in [-0.05, 0) is 47.0 Å². The van der Waals surface area contributed by atoms with Crippen molar-refractivity contribution in [1.82, 2.24) is 4.90 Å². The second-order valence-corrected chi connectivity index (χ2v) is 7.26. The summed E-state index contributed by atoms with van der Waals surface area (Å²) in [7, 11) is 0. The highest BCUT2D eigenvalue weighted by atomic mass is 16.4. The summed E-state index contributed by atoms with van der Waals surface area (Å²) >= 11 is 0. The Kier molecular flexibility index (Phi) is 5.39. The van der Waals surface area contributed by atoms with Crippen LogP contribution in [0, 0.1) is 5.92 Å². The fourth-order valence-electron chi connectivity index (χ4n) is 3.66. The molecule has 0 radical (unpaired) electrons. The molecule has 0 amide bonds. The number of hydrogen-bond donors (Lipinski definition) is 3. The van der Waals surface area contributed by atoms with Crippen molar-refractivity contribution in [3.8, 4) is 0 Å². The Labute approximate surface area is 125 Å². The lowest BCUT2D eigenvalue weighted by Gasteiger charge is -2.53. The smallest absolute Gasteiger partial charge is 0.307 e. The molecule has 1 aliphatic heterocycles. The van der Waals surface area contributed by atoms with Gasteiger partial charge < -0.3 is 15.3 Å². The Morgan fingerprint density at radius 2 is 1.90 bits per heavy atom.